The van der Waals surface area contributed by atoms with E-state index in [-0.39, 0.29) is 64.3 Å². The molecule has 0 bridgehead atoms. The van der Waals surface area contributed by atoms with Gasteiger partial charge in [-0.25, -0.2) is 9.59 Å². The fourth-order valence-corrected chi connectivity index (χ4v) is 5.12. The van der Waals surface area contributed by atoms with Gasteiger partial charge in [0, 0.05) is 13.1 Å². The summed E-state index contributed by atoms with van der Waals surface area (Å²) in [5.74, 6) is -3.34. The number of esters is 4. The minimum atomic E-state index is -0.922. The number of nitrogens with one attached hydrogen (secondary N) is 2. The minimum Gasteiger partial charge on any atom is -0.468 e. The van der Waals surface area contributed by atoms with Crippen LogP contribution in [0.5, 0.6) is 0 Å². The molecule has 2 rings (SSSR count). The van der Waals surface area contributed by atoms with Crippen LogP contribution in [-0.2, 0) is 60.9 Å². The average Bonchev–Trinajstić information content (AvgIpc) is 3.11. The highest BCUT2D eigenvalue weighted by atomic mass is 16.5. The van der Waals surface area contributed by atoms with E-state index >= 15 is 0 Å². The highest BCUT2D eigenvalue weighted by Gasteiger charge is 2.27. The van der Waals surface area contributed by atoms with Crippen molar-refractivity contribution in [1.82, 2.24) is 20.4 Å². The lowest BCUT2D eigenvalue weighted by Crippen LogP contribution is -2.50. The fourth-order valence-electron chi connectivity index (χ4n) is 5.12. The van der Waals surface area contributed by atoms with Crippen LogP contribution in [0, 0.1) is 11.8 Å². The molecule has 2 unspecified atom stereocenters. The third kappa shape index (κ3) is 17.9. The molecule has 0 aliphatic carbocycles. The number of rotatable bonds is 23. The van der Waals surface area contributed by atoms with E-state index in [0.29, 0.717) is 12.8 Å². The van der Waals surface area contributed by atoms with Gasteiger partial charge in [-0.1, -0.05) is 88.4 Å². The lowest BCUT2D eigenvalue weighted by atomic mass is 10.0. The molecule has 52 heavy (non-hydrogen) atoms. The van der Waals surface area contributed by atoms with Crippen LogP contribution in [0.2, 0.25) is 0 Å². The maximum absolute atomic E-state index is 13.2. The summed E-state index contributed by atoms with van der Waals surface area (Å²) in [7, 11) is 2.43. The lowest BCUT2D eigenvalue weighted by molar-refractivity contribution is -0.150. The molecule has 0 saturated heterocycles. The molecule has 14 heteroatoms. The molecule has 0 fully saturated rings. The maximum Gasteiger partial charge on any atom is 0.328 e. The molecule has 2 amide bonds. The molecular formula is C38H54N4O10. The molecule has 2 aromatic rings. The molecule has 14 nitrogen and oxygen atoms in total. The van der Waals surface area contributed by atoms with E-state index < -0.39 is 47.8 Å². The number of nitrogens with zero attached hydrogens (tertiary/aromatic N) is 2. The van der Waals surface area contributed by atoms with Crippen molar-refractivity contribution in [3.63, 3.8) is 0 Å². The van der Waals surface area contributed by atoms with E-state index in [9.17, 15) is 28.8 Å². The lowest BCUT2D eigenvalue weighted by Gasteiger charge is -2.27. The van der Waals surface area contributed by atoms with Crippen LogP contribution in [0.15, 0.2) is 60.7 Å². The zero-order valence-corrected chi connectivity index (χ0v) is 31.1. The number of hydrogen-bond donors (Lipinski definition) is 2. The summed E-state index contributed by atoms with van der Waals surface area (Å²) in [4.78, 5) is 80.0. The van der Waals surface area contributed by atoms with E-state index in [1.54, 1.807) is 0 Å². The van der Waals surface area contributed by atoms with Crippen LogP contribution in [0.3, 0.4) is 0 Å². The summed E-state index contributed by atoms with van der Waals surface area (Å²) in [6.07, 6.45) is 0.659. The van der Waals surface area contributed by atoms with E-state index in [4.69, 9.17) is 18.9 Å². The number of amides is 2. The van der Waals surface area contributed by atoms with Crippen molar-refractivity contribution in [2.24, 2.45) is 11.8 Å². The van der Waals surface area contributed by atoms with Gasteiger partial charge in [-0.05, 0) is 35.8 Å². The number of benzene rings is 2. The molecule has 2 atom stereocenters. The smallest absolute Gasteiger partial charge is 0.328 e. The highest BCUT2D eigenvalue weighted by Crippen LogP contribution is 2.11. The molecule has 0 aliphatic heterocycles. The van der Waals surface area contributed by atoms with E-state index in [1.807, 2.05) is 88.4 Å². The molecule has 0 spiro atoms. The molecule has 0 radical (unpaired) electrons. The molecule has 0 saturated carbocycles. The third-order valence-electron chi connectivity index (χ3n) is 7.73. The van der Waals surface area contributed by atoms with Crippen molar-refractivity contribution in [2.75, 3.05) is 53.5 Å². The number of carbonyl (C=O) groups excluding carboxylic acids is 6. The van der Waals surface area contributed by atoms with Crippen LogP contribution in [0.1, 0.15) is 51.7 Å². The van der Waals surface area contributed by atoms with Crippen molar-refractivity contribution < 1.29 is 47.7 Å². The number of hydrogen-bond acceptors (Lipinski definition) is 12. The van der Waals surface area contributed by atoms with E-state index in [0.717, 1.165) is 11.1 Å². The van der Waals surface area contributed by atoms with Gasteiger partial charge >= 0.3 is 23.9 Å². The van der Waals surface area contributed by atoms with Gasteiger partial charge in [-0.3, -0.25) is 29.0 Å². The van der Waals surface area contributed by atoms with Crippen LogP contribution >= 0.6 is 0 Å². The van der Waals surface area contributed by atoms with Gasteiger partial charge in [0.15, 0.2) is 0 Å². The quantitative estimate of drug-likeness (QED) is 0.127. The molecule has 0 aromatic heterocycles. The second kappa shape index (κ2) is 23.6. The molecular weight excluding hydrogens is 672 g/mol. The summed E-state index contributed by atoms with van der Waals surface area (Å²) in [5.41, 5.74) is 1.61. The molecule has 286 valence electrons. The second-order valence-electron chi connectivity index (χ2n) is 13.3. The topological polar surface area (TPSA) is 170 Å². The summed E-state index contributed by atoms with van der Waals surface area (Å²) < 4.78 is 20.6. The zero-order valence-electron chi connectivity index (χ0n) is 31.1. The summed E-state index contributed by atoms with van der Waals surface area (Å²) in [5, 5.41) is 5.47. The van der Waals surface area contributed by atoms with Crippen molar-refractivity contribution in [3.8, 4) is 0 Å². The molecule has 2 aromatic carbocycles. The largest absolute Gasteiger partial charge is 0.468 e. The predicted octanol–water partition coefficient (Wildman–Crippen LogP) is 2.49. The SMILES string of the molecule is COC(=O)CN(CCN(CC(=O)NC(CC(C)C)C(=O)OCc1ccccc1)CC(=O)OC)CC(=O)NC(CC(C)C)C(=O)OCc1ccccc1. The molecule has 0 aliphatic rings. The Morgan fingerprint density at radius 2 is 0.904 bits per heavy atom. The van der Waals surface area contributed by atoms with E-state index in [2.05, 4.69) is 10.6 Å². The summed E-state index contributed by atoms with van der Waals surface area (Å²) in [6.45, 7) is 6.72. The first-order chi connectivity index (χ1) is 24.8. The standard InChI is InChI=1S/C38H54N4O10/c1-27(2)19-31(37(47)51-25-29-13-9-7-10-14-29)39-33(43)21-41(23-35(45)49-5)17-18-42(24-36(46)50-6)22-34(44)40-32(20-28(3)4)38(48)52-26-30-15-11-8-12-16-30/h7-16,27-28,31-32H,17-26H2,1-6H3,(H,39,43)(H,40,44). The first-order valence-electron chi connectivity index (χ1n) is 17.4. The monoisotopic (exact) mass is 726 g/mol. The van der Waals surface area contributed by atoms with Gasteiger partial charge in [-0.2, -0.15) is 0 Å². The second-order valence-corrected chi connectivity index (χ2v) is 13.3. The summed E-state index contributed by atoms with van der Waals surface area (Å²) in [6, 6.07) is 16.5. The van der Waals surface area contributed by atoms with Crippen molar-refractivity contribution in [3.05, 3.63) is 71.8 Å². The first kappa shape index (κ1) is 43.3. The Morgan fingerprint density at radius 1 is 0.558 bits per heavy atom. The Kier molecular flexibility index (Phi) is 19.7. The van der Waals surface area contributed by atoms with Gasteiger partial charge in [0.05, 0.1) is 40.4 Å². The van der Waals surface area contributed by atoms with Crippen molar-refractivity contribution in [1.29, 1.82) is 0 Å². The Bertz CT molecular complexity index is 1310. The van der Waals surface area contributed by atoms with Gasteiger partial charge in [0.1, 0.15) is 25.3 Å². The minimum absolute atomic E-state index is 0.0502. The number of methoxy groups -OCH3 is 2. The first-order valence-corrected chi connectivity index (χ1v) is 17.4. The highest BCUT2D eigenvalue weighted by molar-refractivity contribution is 5.86. The average molecular weight is 727 g/mol. The zero-order chi connectivity index (χ0) is 38.5. The number of ether oxygens (including phenoxy) is 4. The van der Waals surface area contributed by atoms with Crippen molar-refractivity contribution >= 4 is 35.7 Å². The van der Waals surface area contributed by atoms with Crippen LogP contribution < -0.4 is 10.6 Å². The van der Waals surface area contributed by atoms with Gasteiger partial charge < -0.3 is 29.6 Å². The predicted molar refractivity (Wildman–Crippen MR) is 192 cm³/mol. The normalized spacial score (nSPS) is 12.3. The van der Waals surface area contributed by atoms with Gasteiger partial charge in [0.2, 0.25) is 11.8 Å². The Balaban J connectivity index is 2.09. The summed E-state index contributed by atoms with van der Waals surface area (Å²) >= 11 is 0. The molecule has 0 heterocycles. The fraction of sp³-hybridized carbons (Fsp3) is 0.526. The molecule has 2 N–H and O–H groups in total. The third-order valence-corrected chi connectivity index (χ3v) is 7.73. The Morgan fingerprint density at radius 3 is 1.21 bits per heavy atom. The van der Waals surface area contributed by atoms with Crippen LogP contribution in [-0.4, -0.2) is 111 Å². The Labute approximate surface area is 306 Å². The van der Waals surface area contributed by atoms with E-state index in [1.165, 1.54) is 24.0 Å². The van der Waals surface area contributed by atoms with Crippen LogP contribution in [0.4, 0.5) is 0 Å². The number of carbonyl (C=O) groups is 6. The van der Waals surface area contributed by atoms with Crippen molar-refractivity contribution in [2.45, 2.75) is 65.8 Å². The van der Waals surface area contributed by atoms with Gasteiger partial charge in [0.25, 0.3) is 0 Å². The maximum atomic E-state index is 13.2. The van der Waals surface area contributed by atoms with Gasteiger partial charge in [-0.15, -0.1) is 0 Å². The Hall–Kier alpha value is -4.82. The van der Waals surface area contributed by atoms with Crippen LogP contribution in [0.25, 0.3) is 0 Å².